The Kier molecular flexibility index (Phi) is 2.77. The SMILES string of the molecule is C[C@H](CC=O)c1ccc2cccnc2c1. The largest absolute Gasteiger partial charge is 0.303 e. The van der Waals surface area contributed by atoms with Gasteiger partial charge in [0.2, 0.25) is 0 Å². The summed E-state index contributed by atoms with van der Waals surface area (Å²) in [5.74, 6) is 0.272. The average molecular weight is 199 g/mol. The predicted molar refractivity (Wildman–Crippen MR) is 60.8 cm³/mol. The maximum atomic E-state index is 10.4. The van der Waals surface area contributed by atoms with Gasteiger partial charge in [0.25, 0.3) is 0 Å². The smallest absolute Gasteiger partial charge is 0.120 e. The molecule has 2 nitrogen and oxygen atoms in total. The second kappa shape index (κ2) is 4.22. The first-order chi connectivity index (χ1) is 7.31. The van der Waals surface area contributed by atoms with Crippen LogP contribution in [0.25, 0.3) is 10.9 Å². The summed E-state index contributed by atoms with van der Waals surface area (Å²) in [5.41, 5.74) is 2.17. The highest BCUT2D eigenvalue weighted by Crippen LogP contribution is 2.21. The summed E-state index contributed by atoms with van der Waals surface area (Å²) < 4.78 is 0. The first kappa shape index (κ1) is 9.84. The van der Waals surface area contributed by atoms with E-state index in [1.807, 2.05) is 12.1 Å². The molecule has 2 aromatic rings. The van der Waals surface area contributed by atoms with E-state index in [1.165, 1.54) is 5.56 Å². The fourth-order valence-electron chi connectivity index (χ4n) is 1.67. The first-order valence-electron chi connectivity index (χ1n) is 5.09. The van der Waals surface area contributed by atoms with Gasteiger partial charge in [-0.15, -0.1) is 0 Å². The molecule has 0 fully saturated rings. The van der Waals surface area contributed by atoms with Crippen LogP contribution in [0.4, 0.5) is 0 Å². The van der Waals surface area contributed by atoms with Crippen LogP contribution in [0.1, 0.15) is 24.8 Å². The second-order valence-electron chi connectivity index (χ2n) is 3.76. The van der Waals surface area contributed by atoms with Crippen LogP contribution in [0.15, 0.2) is 36.5 Å². The molecule has 0 saturated heterocycles. The zero-order valence-corrected chi connectivity index (χ0v) is 8.68. The standard InChI is InChI=1S/C13H13NO/c1-10(6-8-15)12-5-4-11-3-2-7-14-13(11)9-12/h2-5,7-10H,6H2,1H3/t10-/m1/s1. The first-order valence-corrected chi connectivity index (χ1v) is 5.09. The molecule has 0 aliphatic rings. The number of hydrogen-bond acceptors (Lipinski definition) is 2. The highest BCUT2D eigenvalue weighted by atomic mass is 16.1. The van der Waals surface area contributed by atoms with Crippen LogP contribution in [0.5, 0.6) is 0 Å². The molecule has 15 heavy (non-hydrogen) atoms. The minimum atomic E-state index is 0.272. The third-order valence-corrected chi connectivity index (χ3v) is 2.65. The molecule has 1 heterocycles. The Bertz CT molecular complexity index is 479. The van der Waals surface area contributed by atoms with Crippen LogP contribution in [0, 0.1) is 0 Å². The highest BCUT2D eigenvalue weighted by molar-refractivity contribution is 5.79. The number of carbonyl (C=O) groups excluding carboxylic acids is 1. The molecular weight excluding hydrogens is 186 g/mol. The zero-order valence-electron chi connectivity index (χ0n) is 8.68. The molecule has 1 atom stereocenters. The number of nitrogens with zero attached hydrogens (tertiary/aromatic N) is 1. The van der Waals surface area contributed by atoms with E-state index >= 15 is 0 Å². The number of benzene rings is 1. The van der Waals surface area contributed by atoms with Gasteiger partial charge in [0, 0.05) is 18.0 Å². The molecule has 2 rings (SSSR count). The predicted octanol–water partition coefficient (Wildman–Crippen LogP) is 2.93. The van der Waals surface area contributed by atoms with Crippen LogP contribution in [0.3, 0.4) is 0 Å². The topological polar surface area (TPSA) is 30.0 Å². The monoisotopic (exact) mass is 199 g/mol. The summed E-state index contributed by atoms with van der Waals surface area (Å²) in [7, 11) is 0. The zero-order chi connectivity index (χ0) is 10.7. The van der Waals surface area contributed by atoms with Crippen molar-refractivity contribution in [2.75, 3.05) is 0 Å². The minimum Gasteiger partial charge on any atom is -0.303 e. The number of rotatable bonds is 3. The van der Waals surface area contributed by atoms with E-state index in [0.29, 0.717) is 6.42 Å². The van der Waals surface area contributed by atoms with Crippen molar-refractivity contribution in [3.8, 4) is 0 Å². The Labute approximate surface area is 89.0 Å². The van der Waals surface area contributed by atoms with Crippen molar-refractivity contribution >= 4 is 17.2 Å². The second-order valence-corrected chi connectivity index (χ2v) is 3.76. The average Bonchev–Trinajstić information content (AvgIpc) is 2.29. The molecule has 0 spiro atoms. The molecule has 1 aromatic carbocycles. The number of fused-ring (bicyclic) bond motifs is 1. The van der Waals surface area contributed by atoms with E-state index < -0.39 is 0 Å². The Morgan fingerprint density at radius 2 is 2.27 bits per heavy atom. The molecule has 0 aliphatic carbocycles. The van der Waals surface area contributed by atoms with Gasteiger partial charge < -0.3 is 4.79 Å². The van der Waals surface area contributed by atoms with Gasteiger partial charge in [0.05, 0.1) is 5.52 Å². The summed E-state index contributed by atoms with van der Waals surface area (Å²) >= 11 is 0. The molecular formula is C13H13NO. The van der Waals surface area contributed by atoms with Crippen LogP contribution >= 0.6 is 0 Å². The molecule has 1 aromatic heterocycles. The van der Waals surface area contributed by atoms with Gasteiger partial charge in [-0.05, 0) is 23.6 Å². The van der Waals surface area contributed by atoms with Gasteiger partial charge in [-0.25, -0.2) is 0 Å². The van der Waals surface area contributed by atoms with Crippen molar-refractivity contribution in [1.29, 1.82) is 0 Å². The fourth-order valence-corrected chi connectivity index (χ4v) is 1.67. The Morgan fingerprint density at radius 1 is 1.40 bits per heavy atom. The summed E-state index contributed by atoms with van der Waals surface area (Å²) in [5, 5.41) is 1.14. The van der Waals surface area contributed by atoms with E-state index in [2.05, 4.69) is 30.1 Å². The maximum absolute atomic E-state index is 10.4. The normalized spacial score (nSPS) is 12.6. The lowest BCUT2D eigenvalue weighted by Crippen LogP contribution is -1.94. The van der Waals surface area contributed by atoms with Gasteiger partial charge in [-0.2, -0.15) is 0 Å². The van der Waals surface area contributed by atoms with Gasteiger partial charge in [0.1, 0.15) is 6.29 Å². The van der Waals surface area contributed by atoms with Gasteiger partial charge in [-0.1, -0.05) is 25.1 Å². The van der Waals surface area contributed by atoms with E-state index in [0.717, 1.165) is 17.2 Å². The molecule has 0 bridgehead atoms. The summed E-state index contributed by atoms with van der Waals surface area (Å²) in [6.07, 6.45) is 3.32. The van der Waals surface area contributed by atoms with E-state index in [1.54, 1.807) is 6.20 Å². The molecule has 0 N–H and O–H groups in total. The fraction of sp³-hybridized carbons (Fsp3) is 0.231. The maximum Gasteiger partial charge on any atom is 0.120 e. The molecule has 0 unspecified atom stereocenters. The highest BCUT2D eigenvalue weighted by Gasteiger charge is 2.05. The third kappa shape index (κ3) is 2.04. The van der Waals surface area contributed by atoms with Crippen molar-refractivity contribution in [2.24, 2.45) is 0 Å². The summed E-state index contributed by atoms with van der Waals surface area (Å²) in [6, 6.07) is 10.1. The van der Waals surface area contributed by atoms with Crippen LogP contribution in [0.2, 0.25) is 0 Å². The lowest BCUT2D eigenvalue weighted by atomic mass is 9.97. The minimum absolute atomic E-state index is 0.272. The quantitative estimate of drug-likeness (QED) is 0.711. The Morgan fingerprint density at radius 3 is 3.07 bits per heavy atom. The number of pyridine rings is 1. The molecule has 0 saturated carbocycles. The van der Waals surface area contributed by atoms with Gasteiger partial charge in [0.15, 0.2) is 0 Å². The molecule has 0 radical (unpaired) electrons. The van der Waals surface area contributed by atoms with E-state index in [9.17, 15) is 4.79 Å². The number of carbonyl (C=O) groups is 1. The number of aldehydes is 1. The summed E-state index contributed by atoms with van der Waals surface area (Å²) in [4.78, 5) is 14.7. The lowest BCUT2D eigenvalue weighted by Gasteiger charge is -2.08. The van der Waals surface area contributed by atoms with Gasteiger partial charge in [-0.3, -0.25) is 4.98 Å². The lowest BCUT2D eigenvalue weighted by molar-refractivity contribution is -0.108. The van der Waals surface area contributed by atoms with Crippen molar-refractivity contribution in [3.05, 3.63) is 42.1 Å². The number of hydrogen-bond donors (Lipinski definition) is 0. The van der Waals surface area contributed by atoms with Crippen LogP contribution in [-0.4, -0.2) is 11.3 Å². The Hall–Kier alpha value is -1.70. The molecule has 76 valence electrons. The van der Waals surface area contributed by atoms with Crippen molar-refractivity contribution < 1.29 is 4.79 Å². The van der Waals surface area contributed by atoms with E-state index in [-0.39, 0.29) is 5.92 Å². The van der Waals surface area contributed by atoms with E-state index in [4.69, 9.17) is 0 Å². The van der Waals surface area contributed by atoms with Gasteiger partial charge >= 0.3 is 0 Å². The Balaban J connectivity index is 2.42. The third-order valence-electron chi connectivity index (χ3n) is 2.65. The molecule has 0 aliphatic heterocycles. The van der Waals surface area contributed by atoms with Crippen molar-refractivity contribution in [3.63, 3.8) is 0 Å². The molecule has 2 heteroatoms. The van der Waals surface area contributed by atoms with Crippen LogP contribution < -0.4 is 0 Å². The summed E-state index contributed by atoms with van der Waals surface area (Å²) in [6.45, 7) is 2.05. The van der Waals surface area contributed by atoms with Crippen molar-refractivity contribution in [2.45, 2.75) is 19.3 Å². The number of aromatic nitrogens is 1. The van der Waals surface area contributed by atoms with Crippen molar-refractivity contribution in [1.82, 2.24) is 4.98 Å². The van der Waals surface area contributed by atoms with Crippen LogP contribution in [-0.2, 0) is 4.79 Å². The molecule has 0 amide bonds.